The molecule has 0 aliphatic heterocycles. The van der Waals surface area contributed by atoms with Gasteiger partial charge in [0.1, 0.15) is 6.54 Å². The van der Waals surface area contributed by atoms with Crippen molar-refractivity contribution in [3.05, 3.63) is 59.8 Å². The number of amides is 2. The normalized spacial score (nSPS) is 10.9. The molecule has 0 fully saturated rings. The molecular weight excluding hydrogens is 396 g/mol. The fourth-order valence-electron chi connectivity index (χ4n) is 3.19. The monoisotopic (exact) mass is 417 g/mol. The van der Waals surface area contributed by atoms with Gasteiger partial charge in [-0.25, -0.2) is 0 Å². The molecule has 0 saturated heterocycles. The van der Waals surface area contributed by atoms with Crippen molar-refractivity contribution in [1.82, 2.24) is 9.88 Å². The zero-order valence-electron chi connectivity index (χ0n) is 16.2. The summed E-state index contributed by atoms with van der Waals surface area (Å²) in [7, 11) is 1.36. The summed E-state index contributed by atoms with van der Waals surface area (Å²) in [4.78, 5) is 24.0. The molecule has 0 radical (unpaired) electrons. The Morgan fingerprint density at radius 1 is 1.17 bits per heavy atom. The highest BCUT2D eigenvalue weighted by atomic mass is 19.3. The minimum absolute atomic E-state index is 0.0261. The third-order valence-electron chi connectivity index (χ3n) is 4.55. The van der Waals surface area contributed by atoms with Crippen molar-refractivity contribution >= 4 is 22.7 Å². The number of benzene rings is 2. The van der Waals surface area contributed by atoms with Crippen molar-refractivity contribution in [2.24, 2.45) is 5.73 Å². The minimum atomic E-state index is -2.94. The number of hydrogen-bond donors (Lipinski definition) is 2. The van der Waals surface area contributed by atoms with Crippen LogP contribution < -0.4 is 20.5 Å². The van der Waals surface area contributed by atoms with E-state index in [0.717, 1.165) is 11.1 Å². The summed E-state index contributed by atoms with van der Waals surface area (Å²) >= 11 is 0. The summed E-state index contributed by atoms with van der Waals surface area (Å²) in [5.74, 6) is -0.656. The van der Waals surface area contributed by atoms with Crippen LogP contribution in [0.2, 0.25) is 0 Å². The Hall–Kier alpha value is -3.62. The van der Waals surface area contributed by atoms with E-state index in [4.69, 9.17) is 10.5 Å². The number of carbonyl (C=O) groups is 2. The first-order chi connectivity index (χ1) is 14.4. The van der Waals surface area contributed by atoms with E-state index in [1.807, 2.05) is 12.1 Å². The van der Waals surface area contributed by atoms with Crippen molar-refractivity contribution in [3.63, 3.8) is 0 Å². The van der Waals surface area contributed by atoms with Crippen LogP contribution >= 0.6 is 0 Å². The van der Waals surface area contributed by atoms with E-state index in [0.29, 0.717) is 23.9 Å². The summed E-state index contributed by atoms with van der Waals surface area (Å²) in [6.45, 7) is -2.58. The van der Waals surface area contributed by atoms with Gasteiger partial charge in [-0.15, -0.1) is 0 Å². The average Bonchev–Trinajstić information content (AvgIpc) is 3.07. The van der Waals surface area contributed by atoms with Gasteiger partial charge in [-0.2, -0.15) is 8.78 Å². The molecule has 0 spiro atoms. The Kier molecular flexibility index (Phi) is 6.51. The standard InChI is InChI=1S/C21H21F2N3O4/c1-29-18-10-13(6-7-17(18)30-21(22)23)8-9-25-19(27)12-26-11-15(20(24)28)14-4-2-3-5-16(14)26/h2-7,10-11,21H,8-9,12H2,1H3,(H2,24,28)(H,25,27). The van der Waals surface area contributed by atoms with Gasteiger partial charge in [-0.1, -0.05) is 24.3 Å². The molecule has 158 valence electrons. The third kappa shape index (κ3) is 4.86. The number of nitrogens with one attached hydrogen (secondary N) is 1. The summed E-state index contributed by atoms with van der Waals surface area (Å²) in [5.41, 5.74) is 7.30. The number of aromatic nitrogens is 1. The van der Waals surface area contributed by atoms with Gasteiger partial charge in [0.15, 0.2) is 11.5 Å². The molecule has 2 amide bonds. The molecule has 3 rings (SSSR count). The number of hydrogen-bond acceptors (Lipinski definition) is 4. The Bertz CT molecular complexity index is 1070. The summed E-state index contributed by atoms with van der Waals surface area (Å²) < 4.78 is 35.9. The van der Waals surface area contributed by atoms with E-state index >= 15 is 0 Å². The Morgan fingerprint density at radius 2 is 1.93 bits per heavy atom. The van der Waals surface area contributed by atoms with Crippen molar-refractivity contribution in [1.29, 1.82) is 0 Å². The fourth-order valence-corrected chi connectivity index (χ4v) is 3.19. The molecule has 0 saturated carbocycles. The second kappa shape index (κ2) is 9.25. The van der Waals surface area contributed by atoms with Crippen LogP contribution in [0.5, 0.6) is 11.5 Å². The molecule has 0 aliphatic rings. The second-order valence-corrected chi connectivity index (χ2v) is 6.52. The second-order valence-electron chi connectivity index (χ2n) is 6.52. The zero-order valence-corrected chi connectivity index (χ0v) is 16.2. The number of rotatable bonds is 9. The number of para-hydroxylation sites is 1. The molecule has 1 aromatic heterocycles. The van der Waals surface area contributed by atoms with Crippen LogP contribution in [0.4, 0.5) is 8.78 Å². The fraction of sp³-hybridized carbons (Fsp3) is 0.238. The molecule has 0 bridgehead atoms. The molecule has 0 unspecified atom stereocenters. The highest BCUT2D eigenvalue weighted by molar-refractivity contribution is 6.06. The van der Waals surface area contributed by atoms with E-state index in [1.54, 1.807) is 35.0 Å². The topological polar surface area (TPSA) is 95.6 Å². The number of carbonyl (C=O) groups excluding carboxylic acids is 2. The van der Waals surface area contributed by atoms with Gasteiger partial charge in [0.25, 0.3) is 5.91 Å². The zero-order chi connectivity index (χ0) is 21.7. The van der Waals surface area contributed by atoms with Crippen LogP contribution in [0.3, 0.4) is 0 Å². The van der Waals surface area contributed by atoms with Gasteiger partial charge >= 0.3 is 6.61 Å². The maximum absolute atomic E-state index is 12.4. The largest absolute Gasteiger partial charge is 0.493 e. The Labute approximate surface area is 171 Å². The molecule has 9 heteroatoms. The number of halogens is 2. The first-order valence-corrected chi connectivity index (χ1v) is 9.15. The lowest BCUT2D eigenvalue weighted by atomic mass is 10.1. The highest BCUT2D eigenvalue weighted by Gasteiger charge is 2.14. The van der Waals surface area contributed by atoms with Crippen LogP contribution in [-0.4, -0.2) is 36.6 Å². The van der Waals surface area contributed by atoms with E-state index in [9.17, 15) is 18.4 Å². The molecule has 3 N–H and O–H groups in total. The summed E-state index contributed by atoms with van der Waals surface area (Å²) in [5, 5.41) is 3.49. The van der Waals surface area contributed by atoms with Crippen LogP contribution in [0.25, 0.3) is 10.9 Å². The Morgan fingerprint density at radius 3 is 2.63 bits per heavy atom. The highest BCUT2D eigenvalue weighted by Crippen LogP contribution is 2.29. The summed E-state index contributed by atoms with van der Waals surface area (Å²) in [6.07, 6.45) is 2.04. The van der Waals surface area contributed by atoms with Gasteiger partial charge in [0.05, 0.1) is 12.7 Å². The van der Waals surface area contributed by atoms with Crippen LogP contribution in [0.1, 0.15) is 15.9 Å². The van der Waals surface area contributed by atoms with E-state index in [2.05, 4.69) is 10.1 Å². The molecule has 30 heavy (non-hydrogen) atoms. The number of ether oxygens (including phenoxy) is 2. The predicted octanol–water partition coefficient (Wildman–Crippen LogP) is 2.71. The molecule has 0 atom stereocenters. The van der Waals surface area contributed by atoms with Crippen molar-refractivity contribution in [3.8, 4) is 11.5 Å². The smallest absolute Gasteiger partial charge is 0.387 e. The molecule has 3 aromatic rings. The number of methoxy groups -OCH3 is 1. The van der Waals surface area contributed by atoms with Crippen molar-refractivity contribution in [2.75, 3.05) is 13.7 Å². The molecule has 7 nitrogen and oxygen atoms in total. The number of nitrogens with zero attached hydrogens (tertiary/aromatic N) is 1. The molecule has 1 heterocycles. The summed E-state index contributed by atoms with van der Waals surface area (Å²) in [6, 6.07) is 11.8. The minimum Gasteiger partial charge on any atom is -0.493 e. The third-order valence-corrected chi connectivity index (χ3v) is 4.55. The molecular formula is C21H21F2N3O4. The lowest BCUT2D eigenvalue weighted by molar-refractivity contribution is -0.121. The first kappa shape index (κ1) is 21.1. The lowest BCUT2D eigenvalue weighted by Gasteiger charge is -2.12. The molecule has 2 aromatic carbocycles. The number of primary amides is 1. The maximum Gasteiger partial charge on any atom is 0.387 e. The Balaban J connectivity index is 1.61. The first-order valence-electron chi connectivity index (χ1n) is 9.15. The van der Waals surface area contributed by atoms with Gasteiger partial charge in [-0.3, -0.25) is 9.59 Å². The van der Waals surface area contributed by atoms with Crippen molar-refractivity contribution < 1.29 is 27.8 Å². The molecule has 0 aliphatic carbocycles. The quantitative estimate of drug-likeness (QED) is 0.560. The number of fused-ring (bicyclic) bond motifs is 1. The average molecular weight is 417 g/mol. The van der Waals surface area contributed by atoms with Gasteiger partial charge in [0, 0.05) is 23.6 Å². The van der Waals surface area contributed by atoms with Crippen LogP contribution in [0.15, 0.2) is 48.7 Å². The van der Waals surface area contributed by atoms with Gasteiger partial charge < -0.3 is 25.1 Å². The van der Waals surface area contributed by atoms with Gasteiger partial charge in [-0.05, 0) is 30.2 Å². The van der Waals surface area contributed by atoms with E-state index in [-0.39, 0.29) is 24.0 Å². The van der Waals surface area contributed by atoms with Crippen molar-refractivity contribution in [2.45, 2.75) is 19.6 Å². The number of alkyl halides is 2. The van der Waals surface area contributed by atoms with E-state index < -0.39 is 12.5 Å². The SMILES string of the molecule is COc1cc(CCNC(=O)Cn2cc(C(N)=O)c3ccccc32)ccc1OC(F)F. The van der Waals surface area contributed by atoms with Crippen LogP contribution in [-0.2, 0) is 17.8 Å². The van der Waals surface area contributed by atoms with Crippen LogP contribution in [0, 0.1) is 0 Å². The lowest BCUT2D eigenvalue weighted by Crippen LogP contribution is -2.29. The van der Waals surface area contributed by atoms with Gasteiger partial charge in [0.2, 0.25) is 5.91 Å². The maximum atomic E-state index is 12.4. The predicted molar refractivity (Wildman–Crippen MR) is 107 cm³/mol. The number of nitrogens with two attached hydrogens (primary N) is 1. The van der Waals surface area contributed by atoms with E-state index in [1.165, 1.54) is 13.2 Å².